The number of rotatable bonds is 7. The number of hydrogen-bond acceptors (Lipinski definition) is 5. The van der Waals surface area contributed by atoms with Gasteiger partial charge in [-0.15, -0.1) is 0 Å². The van der Waals surface area contributed by atoms with Gasteiger partial charge in [0.25, 0.3) is 0 Å². The predicted molar refractivity (Wildman–Crippen MR) is 103 cm³/mol. The molecule has 1 N–H and O–H groups in total. The van der Waals surface area contributed by atoms with Gasteiger partial charge in [-0.2, -0.15) is 11.3 Å². The highest BCUT2D eigenvalue weighted by molar-refractivity contribution is 7.07. The zero-order valence-electron chi connectivity index (χ0n) is 15.9. The molecule has 3 rings (SSSR count). The van der Waals surface area contributed by atoms with Gasteiger partial charge < -0.3 is 15.0 Å². The molecule has 3 heterocycles. The van der Waals surface area contributed by atoms with E-state index in [1.807, 2.05) is 5.38 Å². The van der Waals surface area contributed by atoms with E-state index in [2.05, 4.69) is 16.8 Å². The van der Waals surface area contributed by atoms with E-state index < -0.39 is 0 Å². The van der Waals surface area contributed by atoms with Gasteiger partial charge in [0.05, 0.1) is 12.5 Å². The van der Waals surface area contributed by atoms with Crippen molar-refractivity contribution >= 4 is 29.1 Å². The van der Waals surface area contributed by atoms with Crippen LogP contribution >= 0.6 is 11.3 Å². The summed E-state index contributed by atoms with van der Waals surface area (Å²) in [6.45, 7) is 3.31. The Labute approximate surface area is 164 Å². The monoisotopic (exact) mass is 392 g/mol. The number of thiophene rings is 1. The largest absolute Gasteiger partial charge is 0.466 e. The Morgan fingerprint density at radius 3 is 2.96 bits per heavy atom. The molecule has 2 atom stereocenters. The van der Waals surface area contributed by atoms with Crippen LogP contribution in [-0.4, -0.2) is 47.9 Å². The molecule has 27 heavy (non-hydrogen) atoms. The molecule has 0 aromatic carbocycles. The van der Waals surface area contributed by atoms with Crippen molar-refractivity contribution in [2.75, 3.05) is 19.7 Å². The lowest BCUT2D eigenvalue weighted by Crippen LogP contribution is -2.46. The number of carbonyl (C=O) groups is 3. The third-order valence-corrected chi connectivity index (χ3v) is 6.30. The van der Waals surface area contributed by atoms with Crippen molar-refractivity contribution in [3.8, 4) is 0 Å². The molecular formula is C20H28N2O4S. The van der Waals surface area contributed by atoms with Gasteiger partial charge in [-0.1, -0.05) is 0 Å². The number of amides is 2. The minimum Gasteiger partial charge on any atom is -0.466 e. The number of ether oxygens (including phenoxy) is 1. The number of likely N-dealkylation sites (tertiary alicyclic amines) is 1. The molecular weight excluding hydrogens is 364 g/mol. The topological polar surface area (TPSA) is 75.7 Å². The Hall–Kier alpha value is -1.89. The summed E-state index contributed by atoms with van der Waals surface area (Å²) in [7, 11) is 0. The van der Waals surface area contributed by atoms with Crippen LogP contribution < -0.4 is 5.32 Å². The van der Waals surface area contributed by atoms with Crippen molar-refractivity contribution in [2.45, 2.75) is 57.4 Å². The molecule has 6 nitrogen and oxygen atoms in total. The molecule has 148 valence electrons. The van der Waals surface area contributed by atoms with Gasteiger partial charge in [0.15, 0.2) is 0 Å². The van der Waals surface area contributed by atoms with Gasteiger partial charge in [-0.05, 0) is 61.4 Å². The minimum absolute atomic E-state index is 0.0647. The molecule has 0 spiro atoms. The SMILES string of the molecule is CCOC(=O)[C@H]1CCCN(C(=O)CC[C@@]2(Cc3ccsc3)CCC(=O)N2)C1. The quantitative estimate of drug-likeness (QED) is 0.724. The third-order valence-electron chi connectivity index (χ3n) is 5.57. The highest BCUT2D eigenvalue weighted by Gasteiger charge is 2.38. The van der Waals surface area contributed by atoms with Crippen molar-refractivity contribution < 1.29 is 19.1 Å². The molecule has 1 aromatic heterocycles. The fourth-order valence-corrected chi connectivity index (χ4v) is 4.80. The van der Waals surface area contributed by atoms with E-state index in [0.29, 0.717) is 39.0 Å². The molecule has 2 aliphatic heterocycles. The lowest BCUT2D eigenvalue weighted by molar-refractivity contribution is -0.151. The number of hydrogen-bond donors (Lipinski definition) is 1. The zero-order chi connectivity index (χ0) is 19.3. The summed E-state index contributed by atoms with van der Waals surface area (Å²) in [5, 5.41) is 7.26. The minimum atomic E-state index is -0.329. The smallest absolute Gasteiger partial charge is 0.310 e. The van der Waals surface area contributed by atoms with Crippen LogP contribution in [-0.2, 0) is 25.5 Å². The summed E-state index contributed by atoms with van der Waals surface area (Å²) < 4.78 is 5.11. The van der Waals surface area contributed by atoms with E-state index >= 15 is 0 Å². The van der Waals surface area contributed by atoms with Gasteiger partial charge >= 0.3 is 5.97 Å². The highest BCUT2D eigenvalue weighted by atomic mass is 32.1. The molecule has 2 amide bonds. The normalized spacial score (nSPS) is 25.3. The van der Waals surface area contributed by atoms with Gasteiger partial charge in [-0.25, -0.2) is 0 Å². The Morgan fingerprint density at radius 1 is 1.44 bits per heavy atom. The summed E-state index contributed by atoms with van der Waals surface area (Å²) >= 11 is 1.64. The molecule has 0 unspecified atom stereocenters. The third kappa shape index (κ3) is 5.09. The first-order chi connectivity index (χ1) is 13.0. The van der Waals surface area contributed by atoms with E-state index in [0.717, 1.165) is 25.7 Å². The number of nitrogens with zero attached hydrogens (tertiary/aromatic N) is 1. The van der Waals surface area contributed by atoms with Crippen LogP contribution in [0.25, 0.3) is 0 Å². The fraction of sp³-hybridized carbons (Fsp3) is 0.650. The lowest BCUT2D eigenvalue weighted by Gasteiger charge is -2.33. The van der Waals surface area contributed by atoms with Crippen LogP contribution in [0.1, 0.15) is 51.0 Å². The van der Waals surface area contributed by atoms with E-state index in [1.54, 1.807) is 23.2 Å². The number of carbonyl (C=O) groups excluding carboxylic acids is 3. The van der Waals surface area contributed by atoms with Crippen LogP contribution in [0, 0.1) is 5.92 Å². The summed E-state index contributed by atoms with van der Waals surface area (Å²) in [4.78, 5) is 38.4. The second-order valence-corrected chi connectivity index (χ2v) is 8.35. The summed E-state index contributed by atoms with van der Waals surface area (Å²) in [5.41, 5.74) is 0.874. The van der Waals surface area contributed by atoms with Gasteiger partial charge in [0.2, 0.25) is 11.8 Å². The predicted octanol–water partition coefficient (Wildman–Crippen LogP) is 2.52. The van der Waals surface area contributed by atoms with Gasteiger partial charge in [-0.3, -0.25) is 14.4 Å². The molecule has 1 aromatic rings. The van der Waals surface area contributed by atoms with E-state index in [1.165, 1.54) is 5.56 Å². The Balaban J connectivity index is 1.57. The lowest BCUT2D eigenvalue weighted by atomic mass is 9.85. The molecule has 2 fully saturated rings. The summed E-state index contributed by atoms with van der Waals surface area (Å²) in [6, 6.07) is 2.08. The Kier molecular flexibility index (Phi) is 6.52. The van der Waals surface area contributed by atoms with Crippen LogP contribution in [0.2, 0.25) is 0 Å². The first-order valence-electron chi connectivity index (χ1n) is 9.78. The number of nitrogens with one attached hydrogen (secondary N) is 1. The molecule has 2 aliphatic rings. The standard InChI is InChI=1S/C20H28N2O4S/c1-2-26-19(25)16-4-3-10-22(13-16)18(24)6-9-20(8-5-17(23)21-20)12-15-7-11-27-14-15/h7,11,14,16H,2-6,8-10,12-13H2,1H3,(H,21,23)/t16-,20+/m0/s1. The van der Waals surface area contributed by atoms with Crippen molar-refractivity contribution in [1.82, 2.24) is 10.2 Å². The van der Waals surface area contributed by atoms with E-state index in [-0.39, 0.29) is 29.2 Å². The van der Waals surface area contributed by atoms with Crippen LogP contribution in [0.4, 0.5) is 0 Å². The van der Waals surface area contributed by atoms with Crippen molar-refractivity contribution in [1.29, 1.82) is 0 Å². The fourth-order valence-electron chi connectivity index (χ4n) is 4.13. The molecule has 7 heteroatoms. The summed E-state index contributed by atoms with van der Waals surface area (Å²) in [6.07, 6.45) is 4.68. The van der Waals surface area contributed by atoms with Crippen LogP contribution in [0.3, 0.4) is 0 Å². The molecule has 2 saturated heterocycles. The second-order valence-electron chi connectivity index (χ2n) is 7.57. The molecule has 0 bridgehead atoms. The Morgan fingerprint density at radius 2 is 2.30 bits per heavy atom. The average molecular weight is 393 g/mol. The van der Waals surface area contributed by atoms with Crippen molar-refractivity contribution in [3.05, 3.63) is 22.4 Å². The van der Waals surface area contributed by atoms with E-state index in [9.17, 15) is 14.4 Å². The molecule has 0 saturated carbocycles. The zero-order valence-corrected chi connectivity index (χ0v) is 16.7. The first-order valence-corrected chi connectivity index (χ1v) is 10.7. The van der Waals surface area contributed by atoms with Crippen LogP contribution in [0.5, 0.6) is 0 Å². The second kappa shape index (κ2) is 8.87. The maximum Gasteiger partial charge on any atom is 0.310 e. The van der Waals surface area contributed by atoms with Crippen molar-refractivity contribution in [3.63, 3.8) is 0 Å². The number of piperidine rings is 1. The van der Waals surface area contributed by atoms with E-state index in [4.69, 9.17) is 4.74 Å². The first kappa shape index (κ1) is 19.9. The summed E-state index contributed by atoms with van der Waals surface area (Å²) in [5.74, 6) is -0.284. The highest BCUT2D eigenvalue weighted by Crippen LogP contribution is 2.31. The van der Waals surface area contributed by atoms with Gasteiger partial charge in [0.1, 0.15) is 0 Å². The maximum absolute atomic E-state index is 12.8. The average Bonchev–Trinajstić information content (AvgIpc) is 3.30. The van der Waals surface area contributed by atoms with Crippen molar-refractivity contribution in [2.24, 2.45) is 5.92 Å². The Bertz CT molecular complexity index is 676. The maximum atomic E-state index is 12.8. The van der Waals surface area contributed by atoms with Crippen LogP contribution in [0.15, 0.2) is 16.8 Å². The van der Waals surface area contributed by atoms with Gasteiger partial charge in [0, 0.05) is 31.5 Å². The number of esters is 1. The molecule has 0 aliphatic carbocycles. The molecule has 0 radical (unpaired) electrons.